The molecule has 0 aliphatic rings. The number of nitrogens with zero attached hydrogens (tertiary/aromatic N) is 2. The van der Waals surface area contributed by atoms with E-state index in [1.807, 2.05) is 26.0 Å². The Kier molecular flexibility index (Phi) is 15.5. The number of aliphatic hydroxyl groups is 3. The first-order valence-corrected chi connectivity index (χ1v) is 12.2. The van der Waals surface area contributed by atoms with Crippen molar-refractivity contribution >= 4 is 11.9 Å². The minimum absolute atomic E-state index is 0.242. The van der Waals surface area contributed by atoms with Crippen molar-refractivity contribution in [2.75, 3.05) is 41.3 Å². The molecule has 0 saturated carbocycles. The van der Waals surface area contributed by atoms with Gasteiger partial charge in [-0.2, -0.15) is 0 Å². The van der Waals surface area contributed by atoms with Crippen molar-refractivity contribution in [1.29, 1.82) is 0 Å². The fourth-order valence-corrected chi connectivity index (χ4v) is 3.96. The Hall–Kier alpha value is -2.82. The number of carboxylic acids is 2. The fourth-order valence-electron chi connectivity index (χ4n) is 3.96. The molecule has 0 saturated heterocycles. The topological polar surface area (TPSA) is 141 Å². The molecule has 3 unspecified atom stereocenters. The lowest BCUT2D eigenvalue weighted by molar-refractivity contribution is -0.906. The predicted octanol–water partition coefficient (Wildman–Crippen LogP) is -0.475. The van der Waals surface area contributed by atoms with Crippen LogP contribution < -0.4 is 10.2 Å². The summed E-state index contributed by atoms with van der Waals surface area (Å²) in [7, 11) is 8.55. The molecule has 0 amide bonds. The van der Waals surface area contributed by atoms with E-state index in [0.29, 0.717) is 0 Å². The molecule has 0 fully saturated rings. The van der Waals surface area contributed by atoms with E-state index in [0.717, 1.165) is 35.1 Å². The van der Waals surface area contributed by atoms with Crippen LogP contribution in [0, 0.1) is 0 Å². The van der Waals surface area contributed by atoms with E-state index >= 15 is 0 Å². The molecule has 37 heavy (non-hydrogen) atoms. The second-order valence-electron chi connectivity index (χ2n) is 10.6. The average molecular weight is 521 g/mol. The van der Waals surface area contributed by atoms with Gasteiger partial charge in [-0.25, -0.2) is 0 Å². The molecule has 0 heterocycles. The van der Waals surface area contributed by atoms with E-state index in [2.05, 4.69) is 76.7 Å². The Bertz CT molecular complexity index is 842. The number of hydrogen-bond acceptors (Lipinski definition) is 7. The molecule has 9 nitrogen and oxygen atoms in total. The molecule has 2 rings (SSSR count). The second kappa shape index (κ2) is 16.8. The smallest absolute Gasteiger partial charge is 0.105 e. The number of aliphatic carboxylic acids is 2. The van der Waals surface area contributed by atoms with E-state index in [1.54, 1.807) is 0 Å². The summed E-state index contributed by atoms with van der Waals surface area (Å²) < 4.78 is 1.64. The first kappa shape index (κ1) is 34.2. The van der Waals surface area contributed by atoms with Gasteiger partial charge in [0.1, 0.15) is 38.4 Å². The molecular formula is C28H44N2O7. The third-order valence-electron chi connectivity index (χ3n) is 5.06. The molecule has 208 valence electrons. The monoisotopic (exact) mass is 520 g/mol. The standard InChI is InChI=1S/2C12H20NO.C4H6O5/c2*1-11(14)9-13(2,3)10-12-7-5-4-6-8-12;5-2(4(8)9)1-3(6)7/h2*4-8,11,14H,9-10H2,1-3H3;2,5H,1H2,(H,6,7)(H,8,9)/q2*+1;/p-2. The van der Waals surface area contributed by atoms with Gasteiger partial charge >= 0.3 is 0 Å². The zero-order chi connectivity index (χ0) is 28.6. The van der Waals surface area contributed by atoms with Gasteiger partial charge < -0.3 is 44.1 Å². The SMILES string of the molecule is CC(O)C[N+](C)(C)Cc1ccccc1.CC(O)C[N+](C)(C)Cc1ccccc1.O=C([O-])CC(O)C(=O)[O-]. The van der Waals surface area contributed by atoms with Crippen molar-refractivity contribution < 1.29 is 44.1 Å². The highest BCUT2D eigenvalue weighted by atomic mass is 16.4. The van der Waals surface area contributed by atoms with Gasteiger partial charge in [0.05, 0.1) is 40.3 Å². The number of carbonyl (C=O) groups excluding carboxylic acids is 2. The highest BCUT2D eigenvalue weighted by molar-refractivity contribution is 5.77. The fraction of sp³-hybridized carbons (Fsp3) is 0.500. The van der Waals surface area contributed by atoms with Crippen molar-refractivity contribution in [3.8, 4) is 0 Å². The zero-order valence-corrected chi connectivity index (χ0v) is 22.9. The van der Waals surface area contributed by atoms with Crippen LogP contribution in [0.4, 0.5) is 0 Å². The Morgan fingerprint density at radius 1 is 0.703 bits per heavy atom. The van der Waals surface area contributed by atoms with E-state index in [4.69, 9.17) is 5.11 Å². The third kappa shape index (κ3) is 19.0. The lowest BCUT2D eigenvalue weighted by Gasteiger charge is -2.31. The van der Waals surface area contributed by atoms with Crippen molar-refractivity contribution in [2.45, 2.75) is 51.7 Å². The molecule has 3 N–H and O–H groups in total. The van der Waals surface area contributed by atoms with Crippen LogP contribution >= 0.6 is 0 Å². The molecule has 3 atom stereocenters. The number of benzene rings is 2. The van der Waals surface area contributed by atoms with Crippen LogP contribution in [0.25, 0.3) is 0 Å². The quantitative estimate of drug-likeness (QED) is 0.340. The number of likely N-dealkylation sites (N-methyl/N-ethyl adjacent to an activating group) is 2. The van der Waals surface area contributed by atoms with E-state index < -0.39 is 24.5 Å². The maximum absolute atomic E-state index is 9.58. The first-order valence-electron chi connectivity index (χ1n) is 12.2. The van der Waals surface area contributed by atoms with Crippen molar-refractivity contribution in [3.63, 3.8) is 0 Å². The van der Waals surface area contributed by atoms with Gasteiger partial charge in [-0.1, -0.05) is 60.7 Å². The summed E-state index contributed by atoms with van der Waals surface area (Å²) in [5.74, 6) is -3.43. The van der Waals surface area contributed by atoms with Gasteiger partial charge in [-0.15, -0.1) is 0 Å². The molecular weight excluding hydrogens is 476 g/mol. The van der Waals surface area contributed by atoms with Gasteiger partial charge in [0.25, 0.3) is 0 Å². The van der Waals surface area contributed by atoms with Crippen LogP contribution in [0.2, 0.25) is 0 Å². The van der Waals surface area contributed by atoms with Crippen LogP contribution in [-0.4, -0.2) is 95.8 Å². The first-order chi connectivity index (χ1) is 17.0. The van der Waals surface area contributed by atoms with Crippen LogP contribution in [0.1, 0.15) is 31.4 Å². The minimum atomic E-state index is -1.96. The normalized spacial score (nSPS) is 13.6. The maximum Gasteiger partial charge on any atom is 0.105 e. The molecule has 9 heteroatoms. The summed E-state index contributed by atoms with van der Waals surface area (Å²) in [5, 5.41) is 46.0. The van der Waals surface area contributed by atoms with E-state index in [-0.39, 0.29) is 12.2 Å². The Morgan fingerprint density at radius 2 is 1.03 bits per heavy atom. The maximum atomic E-state index is 9.58. The van der Waals surface area contributed by atoms with Crippen LogP contribution in [-0.2, 0) is 22.7 Å². The lowest BCUT2D eigenvalue weighted by atomic mass is 10.2. The Morgan fingerprint density at radius 3 is 1.24 bits per heavy atom. The Labute approximate surface area is 221 Å². The summed E-state index contributed by atoms with van der Waals surface area (Å²) in [6.45, 7) is 7.18. The number of hydrogen-bond donors (Lipinski definition) is 3. The molecule has 2 aromatic carbocycles. The molecule has 0 radical (unpaired) electrons. The minimum Gasteiger partial charge on any atom is -0.550 e. The lowest BCUT2D eigenvalue weighted by Crippen LogP contribution is -2.43. The number of aliphatic hydroxyl groups excluding tert-OH is 3. The van der Waals surface area contributed by atoms with Crippen molar-refractivity contribution in [2.24, 2.45) is 0 Å². The second-order valence-corrected chi connectivity index (χ2v) is 10.6. The molecule has 0 spiro atoms. The van der Waals surface area contributed by atoms with Gasteiger partial charge in [0, 0.05) is 23.5 Å². The van der Waals surface area contributed by atoms with E-state index in [1.165, 1.54) is 11.1 Å². The predicted molar refractivity (Wildman–Crippen MR) is 138 cm³/mol. The molecule has 0 aliphatic carbocycles. The summed E-state index contributed by atoms with van der Waals surface area (Å²) in [6.07, 6.45) is -3.38. The highest BCUT2D eigenvalue weighted by Gasteiger charge is 2.19. The number of carboxylic acid groups (broad SMARTS) is 2. The van der Waals surface area contributed by atoms with Crippen LogP contribution in [0.3, 0.4) is 0 Å². The molecule has 0 aromatic heterocycles. The van der Waals surface area contributed by atoms with Gasteiger partial charge in [-0.3, -0.25) is 0 Å². The van der Waals surface area contributed by atoms with Gasteiger partial charge in [0.15, 0.2) is 0 Å². The number of carbonyl (C=O) groups is 2. The van der Waals surface area contributed by atoms with Crippen molar-refractivity contribution in [1.82, 2.24) is 0 Å². The summed E-state index contributed by atoms with van der Waals surface area (Å²) in [6, 6.07) is 20.8. The number of quaternary nitrogens is 2. The molecule has 2 aromatic rings. The van der Waals surface area contributed by atoms with Crippen LogP contribution in [0.5, 0.6) is 0 Å². The summed E-state index contributed by atoms with van der Waals surface area (Å²) in [5.41, 5.74) is 2.64. The van der Waals surface area contributed by atoms with Crippen molar-refractivity contribution in [3.05, 3.63) is 71.8 Å². The summed E-state index contributed by atoms with van der Waals surface area (Å²) >= 11 is 0. The third-order valence-corrected chi connectivity index (χ3v) is 5.06. The molecule has 0 bridgehead atoms. The summed E-state index contributed by atoms with van der Waals surface area (Å²) in [4.78, 5) is 19.1. The van der Waals surface area contributed by atoms with Gasteiger partial charge in [-0.05, 0) is 13.8 Å². The highest BCUT2D eigenvalue weighted by Crippen LogP contribution is 2.10. The Balaban J connectivity index is 0.000000541. The number of rotatable bonds is 11. The zero-order valence-electron chi connectivity index (χ0n) is 22.9. The van der Waals surface area contributed by atoms with Gasteiger partial charge in [0.2, 0.25) is 0 Å². The average Bonchev–Trinajstić information content (AvgIpc) is 2.73. The van der Waals surface area contributed by atoms with Crippen LogP contribution in [0.15, 0.2) is 60.7 Å². The molecule has 0 aliphatic heterocycles. The van der Waals surface area contributed by atoms with E-state index in [9.17, 15) is 30.0 Å². The largest absolute Gasteiger partial charge is 0.550 e.